The third-order valence-electron chi connectivity index (χ3n) is 5.50. The first-order valence-electron chi connectivity index (χ1n) is 10.9. The van der Waals surface area contributed by atoms with Crippen molar-refractivity contribution < 1.29 is 0 Å². The van der Waals surface area contributed by atoms with Gasteiger partial charge in [0, 0.05) is 18.8 Å². The molecule has 0 saturated heterocycles. The third kappa shape index (κ3) is 5.73. The number of hydrogen-bond donors (Lipinski definition) is 0. The molecule has 4 aromatic carbocycles. The Hall–Kier alpha value is -3.58. The van der Waals surface area contributed by atoms with E-state index in [2.05, 4.69) is 134 Å². The second kappa shape index (κ2) is 9.95. The van der Waals surface area contributed by atoms with Crippen molar-refractivity contribution in [3.63, 3.8) is 0 Å². The van der Waals surface area contributed by atoms with Crippen LogP contribution < -0.4 is 0 Å². The number of aryl methyl sites for hydroxylation is 2. The molecule has 1 nitrogen and oxygen atoms in total. The molecule has 31 heavy (non-hydrogen) atoms. The van der Waals surface area contributed by atoms with Gasteiger partial charge in [-0.15, -0.1) is 0 Å². The largest absolute Gasteiger partial charge is 0.362 e. The van der Waals surface area contributed by atoms with Gasteiger partial charge in [-0.2, -0.15) is 0 Å². The molecule has 4 aromatic rings. The highest BCUT2D eigenvalue weighted by Crippen LogP contribution is 2.27. The Morgan fingerprint density at radius 3 is 1.52 bits per heavy atom. The van der Waals surface area contributed by atoms with Gasteiger partial charge in [0.15, 0.2) is 0 Å². The Morgan fingerprint density at radius 2 is 1.03 bits per heavy atom. The van der Waals surface area contributed by atoms with E-state index in [4.69, 9.17) is 0 Å². The molecule has 154 valence electrons. The van der Waals surface area contributed by atoms with E-state index in [9.17, 15) is 0 Å². The van der Waals surface area contributed by atoms with Crippen LogP contribution in [0.4, 0.5) is 0 Å². The second-order valence-electron chi connectivity index (χ2n) is 8.13. The Kier molecular flexibility index (Phi) is 6.64. The lowest BCUT2D eigenvalue weighted by Crippen LogP contribution is -2.21. The highest BCUT2D eigenvalue weighted by molar-refractivity contribution is 5.80. The topological polar surface area (TPSA) is 3.24 Å². The lowest BCUT2D eigenvalue weighted by atomic mass is 10.0. The van der Waals surface area contributed by atoms with Crippen LogP contribution in [-0.2, 0) is 13.1 Å². The third-order valence-corrected chi connectivity index (χ3v) is 5.50. The van der Waals surface area contributed by atoms with Crippen LogP contribution in [0, 0.1) is 13.8 Å². The lowest BCUT2D eigenvalue weighted by Gasteiger charge is -2.29. The zero-order valence-corrected chi connectivity index (χ0v) is 18.3. The Bertz CT molecular complexity index is 1070. The first-order chi connectivity index (χ1) is 15.2. The summed E-state index contributed by atoms with van der Waals surface area (Å²) >= 11 is 0. The Morgan fingerprint density at radius 1 is 0.581 bits per heavy atom. The van der Waals surface area contributed by atoms with Gasteiger partial charge in [-0.3, -0.25) is 0 Å². The van der Waals surface area contributed by atoms with E-state index in [0.717, 1.165) is 13.1 Å². The van der Waals surface area contributed by atoms with E-state index >= 15 is 0 Å². The van der Waals surface area contributed by atoms with E-state index in [0.29, 0.717) is 0 Å². The quantitative estimate of drug-likeness (QED) is 0.289. The van der Waals surface area contributed by atoms with Gasteiger partial charge in [0.1, 0.15) is 0 Å². The SMILES string of the molecule is Cc1ccc(/C=C(\c2ccc(C)cc2)N(Cc2ccccc2)Cc2ccccc2)cc1. The van der Waals surface area contributed by atoms with Crippen molar-refractivity contribution in [2.75, 3.05) is 0 Å². The van der Waals surface area contributed by atoms with Crippen LogP contribution in [0.15, 0.2) is 109 Å². The predicted molar refractivity (Wildman–Crippen MR) is 132 cm³/mol. The first-order valence-corrected chi connectivity index (χ1v) is 10.9. The van der Waals surface area contributed by atoms with E-state index in [1.54, 1.807) is 0 Å². The molecule has 0 bridgehead atoms. The van der Waals surface area contributed by atoms with Crippen molar-refractivity contribution in [1.82, 2.24) is 4.90 Å². The number of rotatable bonds is 7. The highest BCUT2D eigenvalue weighted by atomic mass is 15.1. The summed E-state index contributed by atoms with van der Waals surface area (Å²) in [6.45, 7) is 5.97. The molecule has 0 aliphatic rings. The van der Waals surface area contributed by atoms with Gasteiger partial charge in [0.05, 0.1) is 0 Å². The molecule has 0 saturated carbocycles. The average molecular weight is 404 g/mol. The molecular weight excluding hydrogens is 374 g/mol. The van der Waals surface area contributed by atoms with Crippen LogP contribution in [0.1, 0.15) is 33.4 Å². The van der Waals surface area contributed by atoms with Crippen molar-refractivity contribution >= 4 is 11.8 Å². The summed E-state index contributed by atoms with van der Waals surface area (Å²) in [6, 6.07) is 39.1. The standard InChI is InChI=1S/C30H29N/c1-24-13-17-26(18-14-24)21-30(29-19-15-25(2)16-20-29)31(22-27-9-5-3-6-10-27)23-28-11-7-4-8-12-28/h3-21H,22-23H2,1-2H3/b30-21+. The average Bonchev–Trinajstić information content (AvgIpc) is 2.80. The molecular formula is C30H29N. The van der Waals surface area contributed by atoms with E-state index in [-0.39, 0.29) is 0 Å². The zero-order valence-electron chi connectivity index (χ0n) is 18.3. The van der Waals surface area contributed by atoms with Crippen LogP contribution in [0.25, 0.3) is 11.8 Å². The molecule has 0 radical (unpaired) electrons. The molecule has 4 rings (SSSR count). The van der Waals surface area contributed by atoms with Gasteiger partial charge in [-0.1, -0.05) is 120 Å². The smallest absolute Gasteiger partial charge is 0.0451 e. The molecule has 0 heterocycles. The van der Waals surface area contributed by atoms with Crippen LogP contribution in [0.2, 0.25) is 0 Å². The highest BCUT2D eigenvalue weighted by Gasteiger charge is 2.14. The molecule has 0 aromatic heterocycles. The summed E-state index contributed by atoms with van der Waals surface area (Å²) in [6.07, 6.45) is 2.32. The zero-order chi connectivity index (χ0) is 21.5. The van der Waals surface area contributed by atoms with Gasteiger partial charge in [-0.05, 0) is 42.2 Å². The Balaban J connectivity index is 1.79. The fourth-order valence-corrected chi connectivity index (χ4v) is 3.74. The summed E-state index contributed by atoms with van der Waals surface area (Å²) < 4.78 is 0. The molecule has 0 aliphatic heterocycles. The van der Waals surface area contributed by atoms with Crippen LogP contribution in [0.3, 0.4) is 0 Å². The fraction of sp³-hybridized carbons (Fsp3) is 0.133. The molecule has 1 heteroatoms. The number of hydrogen-bond acceptors (Lipinski definition) is 1. The number of benzene rings is 4. The number of nitrogens with zero attached hydrogens (tertiary/aromatic N) is 1. The van der Waals surface area contributed by atoms with Crippen molar-refractivity contribution in [2.45, 2.75) is 26.9 Å². The van der Waals surface area contributed by atoms with E-state index in [1.165, 1.54) is 39.1 Å². The van der Waals surface area contributed by atoms with Crippen LogP contribution in [-0.4, -0.2) is 4.90 Å². The molecule has 0 amide bonds. The summed E-state index contributed by atoms with van der Waals surface area (Å²) in [5, 5.41) is 0. The molecule has 0 atom stereocenters. The molecule has 0 N–H and O–H groups in total. The Labute approximate surface area is 186 Å². The lowest BCUT2D eigenvalue weighted by molar-refractivity contribution is 0.385. The minimum Gasteiger partial charge on any atom is -0.362 e. The van der Waals surface area contributed by atoms with Crippen molar-refractivity contribution in [3.8, 4) is 0 Å². The normalized spacial score (nSPS) is 11.4. The molecule has 0 aliphatic carbocycles. The molecule has 0 fully saturated rings. The van der Waals surface area contributed by atoms with Crippen LogP contribution in [0.5, 0.6) is 0 Å². The molecule has 0 unspecified atom stereocenters. The summed E-state index contributed by atoms with van der Waals surface area (Å²) in [5.74, 6) is 0. The molecule has 0 spiro atoms. The van der Waals surface area contributed by atoms with Crippen molar-refractivity contribution in [1.29, 1.82) is 0 Å². The first kappa shape index (κ1) is 20.7. The van der Waals surface area contributed by atoms with Crippen molar-refractivity contribution in [3.05, 3.63) is 143 Å². The minimum atomic E-state index is 0.849. The van der Waals surface area contributed by atoms with Crippen LogP contribution >= 0.6 is 0 Å². The maximum Gasteiger partial charge on any atom is 0.0451 e. The summed E-state index contributed by atoms with van der Waals surface area (Å²) in [7, 11) is 0. The van der Waals surface area contributed by atoms with E-state index < -0.39 is 0 Å². The maximum atomic E-state index is 2.48. The maximum absolute atomic E-state index is 2.48. The fourth-order valence-electron chi connectivity index (χ4n) is 3.74. The van der Waals surface area contributed by atoms with Gasteiger partial charge in [0.2, 0.25) is 0 Å². The van der Waals surface area contributed by atoms with Crippen molar-refractivity contribution in [2.24, 2.45) is 0 Å². The van der Waals surface area contributed by atoms with Gasteiger partial charge >= 0.3 is 0 Å². The minimum absolute atomic E-state index is 0.849. The van der Waals surface area contributed by atoms with Gasteiger partial charge in [-0.25, -0.2) is 0 Å². The van der Waals surface area contributed by atoms with E-state index in [1.807, 2.05) is 0 Å². The predicted octanol–water partition coefficient (Wildman–Crippen LogP) is 7.50. The van der Waals surface area contributed by atoms with Gasteiger partial charge in [0.25, 0.3) is 0 Å². The second-order valence-corrected chi connectivity index (χ2v) is 8.13. The summed E-state index contributed by atoms with van der Waals surface area (Å²) in [4.78, 5) is 2.48. The monoisotopic (exact) mass is 403 g/mol. The van der Waals surface area contributed by atoms with Gasteiger partial charge < -0.3 is 4.90 Å². The summed E-state index contributed by atoms with van der Waals surface area (Å²) in [5.41, 5.74) is 8.85.